The molecule has 0 saturated carbocycles. The van der Waals surface area contributed by atoms with Crippen LogP contribution in [0, 0.1) is 17.8 Å². The van der Waals surface area contributed by atoms with Crippen LogP contribution in [0.25, 0.3) is 50.0 Å². The molecular weight excluding hydrogens is 659 g/mol. The lowest BCUT2D eigenvalue weighted by Crippen LogP contribution is -2.08. The molecule has 5 heteroatoms. The van der Waals surface area contributed by atoms with Crippen molar-refractivity contribution in [3.8, 4) is 34.4 Å². The number of aromatic nitrogens is 5. The Morgan fingerprint density at radius 1 is 0.704 bits per heavy atom. The maximum absolute atomic E-state index is 4.99. The van der Waals surface area contributed by atoms with Gasteiger partial charge in [-0.1, -0.05) is 116 Å². The molecule has 0 bridgehead atoms. The van der Waals surface area contributed by atoms with Crippen LogP contribution in [-0.4, -0.2) is 24.9 Å². The van der Waals surface area contributed by atoms with Crippen molar-refractivity contribution in [2.24, 2.45) is 5.92 Å². The molecule has 3 aromatic heterocycles. The smallest absolute Gasteiger partial charge is 0.163 e. The molecule has 0 N–H and O–H groups in total. The van der Waals surface area contributed by atoms with Gasteiger partial charge < -0.3 is 0 Å². The Labute approximate surface area is 316 Å². The van der Waals surface area contributed by atoms with Gasteiger partial charge in [0.15, 0.2) is 17.5 Å². The van der Waals surface area contributed by atoms with Crippen molar-refractivity contribution in [3.63, 3.8) is 0 Å². The van der Waals surface area contributed by atoms with Crippen LogP contribution in [0.3, 0.4) is 0 Å². The number of nitrogens with zero attached hydrogens (tertiary/aromatic N) is 5. The van der Waals surface area contributed by atoms with Crippen molar-refractivity contribution in [2.45, 2.75) is 44.4 Å². The molecule has 3 aromatic carbocycles. The van der Waals surface area contributed by atoms with E-state index in [1.54, 1.807) is 0 Å². The van der Waals surface area contributed by atoms with Crippen LogP contribution in [0.15, 0.2) is 152 Å². The van der Waals surface area contributed by atoms with Crippen molar-refractivity contribution in [2.75, 3.05) is 0 Å². The second-order valence-corrected chi connectivity index (χ2v) is 14.2. The lowest BCUT2D eigenvalue weighted by molar-refractivity contribution is 0.758. The average molecular weight is 698 g/mol. The molecule has 260 valence electrons. The molecule has 0 aliphatic heterocycles. The minimum absolute atomic E-state index is 0.156. The third-order valence-corrected chi connectivity index (χ3v) is 10.4. The minimum Gasteiger partial charge on any atom is -0.261 e. The van der Waals surface area contributed by atoms with Crippen molar-refractivity contribution in [3.05, 3.63) is 181 Å². The van der Waals surface area contributed by atoms with E-state index in [0.29, 0.717) is 23.4 Å². The van der Waals surface area contributed by atoms with Crippen LogP contribution in [0.1, 0.15) is 73.0 Å². The Bertz CT molecular complexity index is 2570. The Kier molecular flexibility index (Phi) is 9.17. The molecule has 0 radical (unpaired) electrons. The fourth-order valence-electron chi connectivity index (χ4n) is 7.49. The van der Waals surface area contributed by atoms with Crippen LogP contribution < -0.4 is 0 Å². The zero-order chi connectivity index (χ0) is 36.3. The highest BCUT2D eigenvalue weighted by Crippen LogP contribution is 2.40. The van der Waals surface area contributed by atoms with Gasteiger partial charge in [0.1, 0.15) is 0 Å². The molecule has 54 heavy (non-hydrogen) atoms. The Hall–Kier alpha value is -6.51. The Morgan fingerprint density at radius 2 is 1.54 bits per heavy atom. The van der Waals surface area contributed by atoms with Crippen molar-refractivity contribution >= 4 is 27.5 Å². The molecule has 3 heterocycles. The predicted octanol–water partition coefficient (Wildman–Crippen LogP) is 11.2. The summed E-state index contributed by atoms with van der Waals surface area (Å²) in [5, 5.41) is 2.43. The van der Waals surface area contributed by atoms with E-state index in [-0.39, 0.29) is 11.8 Å². The van der Waals surface area contributed by atoms with Gasteiger partial charge in [-0.25, -0.2) is 15.0 Å². The lowest BCUT2D eigenvalue weighted by Gasteiger charge is -2.23. The molecule has 0 amide bonds. The van der Waals surface area contributed by atoms with E-state index in [9.17, 15) is 0 Å². The fraction of sp³-hybridized carbons (Fsp3) is 0.163. The molecule has 9 rings (SSSR count). The summed E-state index contributed by atoms with van der Waals surface area (Å²) in [6, 6.07) is 34.2. The lowest BCUT2D eigenvalue weighted by atomic mass is 9.82. The Morgan fingerprint density at radius 3 is 2.35 bits per heavy atom. The Balaban J connectivity index is 1.04. The maximum Gasteiger partial charge on any atom is 0.163 e. The van der Waals surface area contributed by atoms with E-state index >= 15 is 0 Å². The summed E-state index contributed by atoms with van der Waals surface area (Å²) in [5.41, 5.74) is 9.98. The molecule has 3 aliphatic carbocycles. The van der Waals surface area contributed by atoms with E-state index in [1.807, 2.05) is 30.6 Å². The quantitative estimate of drug-likeness (QED) is 0.123. The number of hydrogen-bond donors (Lipinski definition) is 0. The summed E-state index contributed by atoms with van der Waals surface area (Å²) < 4.78 is 0. The van der Waals surface area contributed by atoms with E-state index in [1.165, 1.54) is 21.9 Å². The van der Waals surface area contributed by atoms with Gasteiger partial charge >= 0.3 is 0 Å². The molecule has 0 saturated heterocycles. The highest BCUT2D eigenvalue weighted by atomic mass is 15.0. The minimum atomic E-state index is -0.159. The summed E-state index contributed by atoms with van der Waals surface area (Å²) in [7, 11) is 0. The zero-order valence-corrected chi connectivity index (χ0v) is 30.2. The SMILES string of the molecule is CC1C=CC(c2nc(C3=CCCC=C3)nc(-c3ccc(-c4ccc5c(C6=CC(c7ccccn7)=CC(c7ccccn7)C6)cccc5c4)cc3)n2)C#CC1. The molecule has 6 aromatic rings. The van der Waals surface area contributed by atoms with Crippen LogP contribution in [-0.2, 0) is 0 Å². The number of benzene rings is 3. The van der Waals surface area contributed by atoms with Gasteiger partial charge in [0.05, 0.1) is 11.6 Å². The van der Waals surface area contributed by atoms with Gasteiger partial charge in [0, 0.05) is 41.6 Å². The van der Waals surface area contributed by atoms with Crippen molar-refractivity contribution < 1.29 is 0 Å². The summed E-state index contributed by atoms with van der Waals surface area (Å²) in [5.74, 6) is 9.20. The third kappa shape index (κ3) is 6.99. The first kappa shape index (κ1) is 33.3. The van der Waals surface area contributed by atoms with Crippen LogP contribution in [0.4, 0.5) is 0 Å². The van der Waals surface area contributed by atoms with E-state index in [0.717, 1.165) is 64.9 Å². The molecule has 0 fully saturated rings. The molecule has 0 spiro atoms. The van der Waals surface area contributed by atoms with Crippen LogP contribution >= 0.6 is 0 Å². The van der Waals surface area contributed by atoms with E-state index in [2.05, 4.69) is 140 Å². The number of fused-ring (bicyclic) bond motifs is 1. The molecular formula is C49H39N5. The second-order valence-electron chi connectivity index (χ2n) is 14.2. The highest BCUT2D eigenvalue weighted by molar-refractivity contribution is 5.99. The first-order valence-corrected chi connectivity index (χ1v) is 18.8. The first-order valence-electron chi connectivity index (χ1n) is 18.8. The van der Waals surface area contributed by atoms with Gasteiger partial charge in [-0.05, 0) is 100 Å². The topological polar surface area (TPSA) is 64.5 Å². The normalized spacial score (nSPS) is 19.3. The largest absolute Gasteiger partial charge is 0.261 e. The predicted molar refractivity (Wildman–Crippen MR) is 220 cm³/mol. The number of hydrogen-bond acceptors (Lipinski definition) is 5. The summed E-state index contributed by atoms with van der Waals surface area (Å²) >= 11 is 0. The second kappa shape index (κ2) is 14.8. The number of rotatable bonds is 7. The van der Waals surface area contributed by atoms with E-state index < -0.39 is 0 Å². The summed E-state index contributed by atoms with van der Waals surface area (Å²) in [4.78, 5) is 24.3. The highest BCUT2D eigenvalue weighted by Gasteiger charge is 2.22. The number of allylic oxidation sites excluding steroid dienone is 10. The monoisotopic (exact) mass is 697 g/mol. The van der Waals surface area contributed by atoms with Gasteiger partial charge in [-0.2, -0.15) is 0 Å². The van der Waals surface area contributed by atoms with Gasteiger partial charge in [-0.3, -0.25) is 9.97 Å². The molecule has 5 nitrogen and oxygen atoms in total. The van der Waals surface area contributed by atoms with Gasteiger partial charge in [0.25, 0.3) is 0 Å². The van der Waals surface area contributed by atoms with Gasteiger partial charge in [-0.15, -0.1) is 5.92 Å². The summed E-state index contributed by atoms with van der Waals surface area (Å²) in [6.07, 6.45) is 23.0. The molecule has 3 atom stereocenters. The number of pyridine rings is 2. The molecule has 3 aliphatic rings. The fourth-order valence-corrected chi connectivity index (χ4v) is 7.49. The van der Waals surface area contributed by atoms with Crippen molar-refractivity contribution in [1.82, 2.24) is 24.9 Å². The average Bonchev–Trinajstić information content (AvgIpc) is 3.48. The van der Waals surface area contributed by atoms with Crippen LogP contribution in [0.5, 0.6) is 0 Å². The van der Waals surface area contributed by atoms with Crippen LogP contribution in [0.2, 0.25) is 0 Å². The van der Waals surface area contributed by atoms with Crippen molar-refractivity contribution in [1.29, 1.82) is 0 Å². The standard InChI is InChI=1S/C49H39N5/c1-33-11-9-14-36(20-19-33)48-52-47(35-12-3-2-4-13-35)53-49(54-48)37-23-21-34(22-24-37)38-25-26-44-39(29-38)15-10-16-43(44)40-30-41(45-17-5-7-27-50-45)32-42(31-40)46-18-6-8-28-51-46/h3,5-8,10,12-13,15-30,32-33,36,42H,2,4,11,31H2,1H3. The van der Waals surface area contributed by atoms with Gasteiger partial charge in [0.2, 0.25) is 0 Å². The molecule has 3 unspecified atom stereocenters. The summed E-state index contributed by atoms with van der Waals surface area (Å²) in [6.45, 7) is 2.19. The first-order chi connectivity index (χ1) is 26.6. The zero-order valence-electron chi connectivity index (χ0n) is 30.2. The maximum atomic E-state index is 4.99. The van der Waals surface area contributed by atoms with E-state index in [4.69, 9.17) is 24.9 Å². The third-order valence-electron chi connectivity index (χ3n) is 10.4.